The van der Waals surface area contributed by atoms with Crippen molar-refractivity contribution in [1.29, 1.82) is 0 Å². The van der Waals surface area contributed by atoms with E-state index in [2.05, 4.69) is 29.7 Å². The number of thioether (sulfide) groups is 1. The van der Waals surface area contributed by atoms with Gasteiger partial charge >= 0.3 is 0 Å². The third kappa shape index (κ3) is 4.75. The van der Waals surface area contributed by atoms with Gasteiger partial charge < -0.3 is 9.30 Å². The molecule has 0 aliphatic carbocycles. The normalized spacial score (nSPS) is 14.9. The van der Waals surface area contributed by atoms with Crippen LogP contribution in [0.25, 0.3) is 16.8 Å². The minimum atomic E-state index is -0.269. The number of rotatable bonds is 7. The van der Waals surface area contributed by atoms with Crippen LogP contribution in [0.2, 0.25) is 0 Å². The average Bonchev–Trinajstić information content (AvgIpc) is 3.29. The molecule has 1 aromatic heterocycles. The van der Waals surface area contributed by atoms with Gasteiger partial charge in [0.1, 0.15) is 12.4 Å². The van der Waals surface area contributed by atoms with E-state index in [0.717, 1.165) is 51.8 Å². The van der Waals surface area contributed by atoms with Crippen LogP contribution in [-0.4, -0.2) is 33.8 Å². The van der Waals surface area contributed by atoms with Gasteiger partial charge in [-0.3, -0.25) is 14.5 Å². The second kappa shape index (κ2) is 9.84. The molecule has 1 saturated heterocycles. The van der Waals surface area contributed by atoms with E-state index in [1.54, 1.807) is 0 Å². The number of imide groups is 1. The number of amides is 2. The zero-order valence-corrected chi connectivity index (χ0v) is 20.5. The quantitative estimate of drug-likeness (QED) is 0.285. The van der Waals surface area contributed by atoms with Crippen LogP contribution in [0.4, 0.5) is 4.79 Å². The summed E-state index contributed by atoms with van der Waals surface area (Å²) in [6, 6.07) is 26.2. The molecule has 0 N–H and O–H groups in total. The highest BCUT2D eigenvalue weighted by atomic mass is 32.2. The van der Waals surface area contributed by atoms with Crippen LogP contribution < -0.4 is 4.74 Å². The summed E-state index contributed by atoms with van der Waals surface area (Å²) in [5.74, 6) is 0.478. The van der Waals surface area contributed by atoms with Gasteiger partial charge in [-0.15, -0.1) is 0 Å². The lowest BCUT2D eigenvalue weighted by Crippen LogP contribution is -2.32. The molecule has 4 aromatic rings. The number of nitrogens with zero attached hydrogens (tertiary/aromatic N) is 2. The van der Waals surface area contributed by atoms with Crippen LogP contribution >= 0.6 is 11.8 Å². The van der Waals surface area contributed by atoms with Crippen molar-refractivity contribution in [1.82, 2.24) is 9.47 Å². The van der Waals surface area contributed by atoms with Gasteiger partial charge in [0.15, 0.2) is 0 Å². The summed E-state index contributed by atoms with van der Waals surface area (Å²) >= 11 is 0.987. The average molecular weight is 483 g/mol. The van der Waals surface area contributed by atoms with Crippen LogP contribution in [0.15, 0.2) is 83.8 Å². The van der Waals surface area contributed by atoms with Crippen LogP contribution in [0, 0.1) is 13.8 Å². The van der Waals surface area contributed by atoms with Crippen molar-refractivity contribution in [3.63, 3.8) is 0 Å². The summed E-state index contributed by atoms with van der Waals surface area (Å²) in [7, 11) is 0. The van der Waals surface area contributed by atoms with Gasteiger partial charge in [-0.25, -0.2) is 0 Å². The molecule has 176 valence electrons. The first-order valence-corrected chi connectivity index (χ1v) is 12.4. The SMILES string of the molecule is Cc1cc(/C=C2\SC(=O)N(CCOc3cccc4ccccc34)C2=O)c(C)n1Cc1ccccc1. The zero-order chi connectivity index (χ0) is 24.4. The number of hydrogen-bond acceptors (Lipinski definition) is 4. The topological polar surface area (TPSA) is 51.5 Å². The first-order chi connectivity index (χ1) is 17.0. The highest BCUT2D eigenvalue weighted by Crippen LogP contribution is 2.33. The molecular weight excluding hydrogens is 456 g/mol. The van der Waals surface area contributed by atoms with Crippen molar-refractivity contribution in [2.75, 3.05) is 13.2 Å². The predicted octanol–water partition coefficient (Wildman–Crippen LogP) is 6.42. The van der Waals surface area contributed by atoms with Crippen molar-refractivity contribution in [3.8, 4) is 5.75 Å². The molecule has 6 heteroatoms. The van der Waals surface area contributed by atoms with Crippen molar-refractivity contribution >= 4 is 39.8 Å². The lowest BCUT2D eigenvalue weighted by atomic mass is 10.1. The lowest BCUT2D eigenvalue weighted by molar-refractivity contribution is -0.123. The van der Waals surface area contributed by atoms with Crippen LogP contribution in [0.1, 0.15) is 22.5 Å². The first kappa shape index (κ1) is 23.0. The van der Waals surface area contributed by atoms with E-state index in [9.17, 15) is 9.59 Å². The molecule has 35 heavy (non-hydrogen) atoms. The molecule has 2 amide bonds. The van der Waals surface area contributed by atoms with E-state index < -0.39 is 0 Å². The number of carbonyl (C=O) groups is 2. The Kier molecular flexibility index (Phi) is 6.47. The fraction of sp³-hybridized carbons (Fsp3) is 0.172. The maximum absolute atomic E-state index is 13.0. The van der Waals surface area contributed by atoms with Crippen LogP contribution in [0.3, 0.4) is 0 Å². The second-order valence-corrected chi connectivity index (χ2v) is 9.55. The molecule has 0 unspecified atom stereocenters. The molecule has 1 aliphatic rings. The van der Waals surface area contributed by atoms with Gasteiger partial charge in [-0.1, -0.05) is 66.7 Å². The Hall–Kier alpha value is -3.77. The first-order valence-electron chi connectivity index (χ1n) is 11.6. The van der Waals surface area contributed by atoms with E-state index in [0.29, 0.717) is 4.91 Å². The monoisotopic (exact) mass is 482 g/mol. The largest absolute Gasteiger partial charge is 0.491 e. The Morgan fingerprint density at radius 1 is 0.914 bits per heavy atom. The van der Waals surface area contributed by atoms with E-state index in [1.807, 2.05) is 73.7 Å². The highest BCUT2D eigenvalue weighted by Gasteiger charge is 2.35. The summed E-state index contributed by atoms with van der Waals surface area (Å²) in [6.45, 7) is 5.32. The van der Waals surface area contributed by atoms with E-state index in [1.165, 1.54) is 10.5 Å². The lowest BCUT2D eigenvalue weighted by Gasteiger charge is -2.14. The fourth-order valence-electron chi connectivity index (χ4n) is 4.39. The number of aryl methyl sites for hydroxylation is 1. The van der Waals surface area contributed by atoms with Crippen molar-refractivity contribution in [2.24, 2.45) is 0 Å². The predicted molar refractivity (Wildman–Crippen MR) is 142 cm³/mol. The smallest absolute Gasteiger partial charge is 0.293 e. The van der Waals surface area contributed by atoms with Crippen molar-refractivity contribution in [3.05, 3.63) is 106 Å². The summed E-state index contributed by atoms with van der Waals surface area (Å²) in [5, 5.41) is 1.83. The van der Waals surface area contributed by atoms with E-state index in [4.69, 9.17) is 4.74 Å². The summed E-state index contributed by atoms with van der Waals surface area (Å²) in [4.78, 5) is 27.3. The summed E-state index contributed by atoms with van der Waals surface area (Å²) < 4.78 is 8.17. The maximum atomic E-state index is 13.0. The number of carbonyl (C=O) groups excluding carboxylic acids is 2. The van der Waals surface area contributed by atoms with E-state index in [-0.39, 0.29) is 24.3 Å². The molecule has 0 atom stereocenters. The third-order valence-corrected chi connectivity index (χ3v) is 7.19. The molecule has 3 aromatic carbocycles. The molecule has 5 nitrogen and oxygen atoms in total. The highest BCUT2D eigenvalue weighted by molar-refractivity contribution is 8.18. The molecule has 0 saturated carbocycles. The van der Waals surface area contributed by atoms with Gasteiger partial charge in [0.25, 0.3) is 11.1 Å². The Morgan fingerprint density at radius 3 is 2.49 bits per heavy atom. The van der Waals surface area contributed by atoms with Crippen LogP contribution in [-0.2, 0) is 11.3 Å². The Morgan fingerprint density at radius 2 is 1.66 bits per heavy atom. The Balaban J connectivity index is 1.28. The van der Waals surface area contributed by atoms with E-state index >= 15 is 0 Å². The van der Waals surface area contributed by atoms with Gasteiger partial charge in [-0.05, 0) is 60.3 Å². The van der Waals surface area contributed by atoms with Gasteiger partial charge in [0, 0.05) is 23.3 Å². The second-order valence-electron chi connectivity index (χ2n) is 8.56. The third-order valence-electron chi connectivity index (χ3n) is 6.28. The van der Waals surface area contributed by atoms with Crippen molar-refractivity contribution in [2.45, 2.75) is 20.4 Å². The number of hydrogen-bond donors (Lipinski definition) is 0. The number of ether oxygens (including phenoxy) is 1. The van der Waals surface area contributed by atoms with Gasteiger partial charge in [0.2, 0.25) is 0 Å². The maximum Gasteiger partial charge on any atom is 0.293 e. The minimum Gasteiger partial charge on any atom is -0.491 e. The molecule has 1 aliphatic heterocycles. The standard InChI is InChI=1S/C29H26N2O3S/c1-20-17-24(21(2)31(20)19-22-9-4-3-5-10-22)18-27-28(32)30(29(33)35-27)15-16-34-26-14-8-12-23-11-6-7-13-25(23)26/h3-14,17-18H,15-16,19H2,1-2H3/b27-18-. The Bertz CT molecular complexity index is 1430. The van der Waals surface area contributed by atoms with Crippen molar-refractivity contribution < 1.29 is 14.3 Å². The molecule has 0 bridgehead atoms. The number of fused-ring (bicyclic) bond motifs is 1. The molecule has 1 fully saturated rings. The Labute approximate surface area is 209 Å². The molecule has 0 radical (unpaired) electrons. The number of benzene rings is 3. The van der Waals surface area contributed by atoms with Crippen LogP contribution in [0.5, 0.6) is 5.75 Å². The molecular formula is C29H26N2O3S. The summed E-state index contributed by atoms with van der Waals surface area (Å²) in [6.07, 6.45) is 1.83. The summed E-state index contributed by atoms with van der Waals surface area (Å²) in [5.41, 5.74) is 4.35. The zero-order valence-electron chi connectivity index (χ0n) is 19.7. The fourth-order valence-corrected chi connectivity index (χ4v) is 5.24. The molecule has 2 heterocycles. The molecule has 5 rings (SSSR count). The molecule has 0 spiro atoms. The minimum absolute atomic E-state index is 0.207. The van der Waals surface area contributed by atoms with Gasteiger partial charge in [0.05, 0.1) is 11.4 Å². The number of aromatic nitrogens is 1. The van der Waals surface area contributed by atoms with Gasteiger partial charge in [-0.2, -0.15) is 0 Å².